The van der Waals surface area contributed by atoms with Gasteiger partial charge in [-0.3, -0.25) is 14.5 Å². The van der Waals surface area contributed by atoms with E-state index in [1.165, 1.54) is 21.3 Å². The summed E-state index contributed by atoms with van der Waals surface area (Å²) >= 11 is 0. The van der Waals surface area contributed by atoms with Crippen molar-refractivity contribution in [1.29, 1.82) is 0 Å². The minimum Gasteiger partial charge on any atom is -0.277 e. The zero-order valence-corrected chi connectivity index (χ0v) is 8.57. The highest BCUT2D eigenvalue weighted by Crippen LogP contribution is 2.08. The predicted molar refractivity (Wildman–Crippen MR) is 51.7 cm³/mol. The van der Waals surface area contributed by atoms with Gasteiger partial charge in [0.15, 0.2) is 0 Å². The van der Waals surface area contributed by atoms with Gasteiger partial charge in [0, 0.05) is 0 Å². The summed E-state index contributed by atoms with van der Waals surface area (Å²) in [5, 5.41) is 0. The zero-order chi connectivity index (χ0) is 11.1. The van der Waals surface area contributed by atoms with E-state index in [2.05, 4.69) is 45.9 Å². The lowest BCUT2D eigenvalue weighted by molar-refractivity contribution is 0.257. The average molecular weight is 216 g/mol. The lowest BCUT2D eigenvalue weighted by Gasteiger charge is -2.07. The zero-order valence-electron chi connectivity index (χ0n) is 8.57. The SMILES string of the molecule is CONc1nc(NOC)nc(NOC)n1. The van der Waals surface area contributed by atoms with Crippen LogP contribution >= 0.6 is 0 Å². The number of rotatable bonds is 6. The van der Waals surface area contributed by atoms with Crippen LogP contribution in [0.3, 0.4) is 0 Å². The highest BCUT2D eigenvalue weighted by Gasteiger charge is 2.05. The molecule has 0 fully saturated rings. The lowest BCUT2D eigenvalue weighted by atomic mass is 10.8. The molecule has 9 heteroatoms. The van der Waals surface area contributed by atoms with Crippen LogP contribution in [0.2, 0.25) is 0 Å². The molecule has 9 nitrogen and oxygen atoms in total. The van der Waals surface area contributed by atoms with E-state index in [4.69, 9.17) is 0 Å². The van der Waals surface area contributed by atoms with E-state index in [0.29, 0.717) is 0 Å². The van der Waals surface area contributed by atoms with E-state index in [1.54, 1.807) is 0 Å². The van der Waals surface area contributed by atoms with Crippen molar-refractivity contribution in [2.45, 2.75) is 0 Å². The van der Waals surface area contributed by atoms with Crippen molar-refractivity contribution in [1.82, 2.24) is 15.0 Å². The van der Waals surface area contributed by atoms with Crippen molar-refractivity contribution in [2.75, 3.05) is 37.8 Å². The average Bonchev–Trinajstić information content (AvgIpc) is 2.19. The van der Waals surface area contributed by atoms with E-state index in [1.807, 2.05) is 0 Å². The Bertz CT molecular complexity index is 249. The number of hydrogen-bond donors (Lipinski definition) is 3. The van der Waals surface area contributed by atoms with Gasteiger partial charge in [0.1, 0.15) is 0 Å². The van der Waals surface area contributed by atoms with Crippen LogP contribution in [0.4, 0.5) is 17.8 Å². The number of aromatic nitrogens is 3. The van der Waals surface area contributed by atoms with Crippen LogP contribution < -0.4 is 16.4 Å². The van der Waals surface area contributed by atoms with Crippen LogP contribution in [0.1, 0.15) is 0 Å². The molecular weight excluding hydrogens is 204 g/mol. The van der Waals surface area contributed by atoms with Crippen LogP contribution in [0.25, 0.3) is 0 Å². The van der Waals surface area contributed by atoms with Gasteiger partial charge in [-0.15, -0.1) is 0 Å². The fourth-order valence-electron chi connectivity index (χ4n) is 0.787. The Balaban J connectivity index is 2.86. The van der Waals surface area contributed by atoms with Gasteiger partial charge in [-0.2, -0.15) is 15.0 Å². The topological polar surface area (TPSA) is 102 Å². The summed E-state index contributed by atoms with van der Waals surface area (Å²) in [5.41, 5.74) is 7.36. The highest BCUT2D eigenvalue weighted by atomic mass is 16.6. The van der Waals surface area contributed by atoms with Crippen LogP contribution in [0.5, 0.6) is 0 Å². The molecule has 0 aromatic carbocycles. The summed E-state index contributed by atoms with van der Waals surface area (Å²) in [6.07, 6.45) is 0. The van der Waals surface area contributed by atoms with Crippen molar-refractivity contribution in [3.05, 3.63) is 0 Å². The van der Waals surface area contributed by atoms with E-state index in [9.17, 15) is 0 Å². The van der Waals surface area contributed by atoms with Gasteiger partial charge in [-0.1, -0.05) is 0 Å². The third-order valence-electron chi connectivity index (χ3n) is 1.22. The first-order valence-corrected chi connectivity index (χ1v) is 3.93. The van der Waals surface area contributed by atoms with E-state index < -0.39 is 0 Å². The molecule has 0 bridgehead atoms. The molecule has 1 aromatic heterocycles. The van der Waals surface area contributed by atoms with Gasteiger partial charge in [-0.05, 0) is 0 Å². The van der Waals surface area contributed by atoms with Crippen molar-refractivity contribution >= 4 is 17.8 Å². The number of anilines is 3. The van der Waals surface area contributed by atoms with Gasteiger partial charge in [-0.25, -0.2) is 16.4 Å². The molecule has 0 unspecified atom stereocenters. The predicted octanol–water partition coefficient (Wildman–Crippen LogP) is -0.209. The molecule has 0 radical (unpaired) electrons. The number of hydrogen-bond acceptors (Lipinski definition) is 9. The fourth-order valence-corrected chi connectivity index (χ4v) is 0.787. The fraction of sp³-hybridized carbons (Fsp3) is 0.500. The monoisotopic (exact) mass is 216 g/mol. The van der Waals surface area contributed by atoms with Crippen molar-refractivity contribution < 1.29 is 14.5 Å². The molecule has 0 saturated heterocycles. The summed E-state index contributed by atoms with van der Waals surface area (Å²) in [5.74, 6) is 0.643. The highest BCUT2D eigenvalue weighted by molar-refractivity contribution is 5.38. The largest absolute Gasteiger partial charge is 0.277 e. The van der Waals surface area contributed by atoms with E-state index in [-0.39, 0.29) is 17.8 Å². The molecule has 0 aliphatic heterocycles. The van der Waals surface area contributed by atoms with Crippen LogP contribution in [0, 0.1) is 0 Å². The second kappa shape index (κ2) is 5.90. The van der Waals surface area contributed by atoms with Gasteiger partial charge in [0.25, 0.3) is 17.8 Å². The molecule has 0 aliphatic carbocycles. The van der Waals surface area contributed by atoms with E-state index >= 15 is 0 Å². The maximum atomic E-state index is 4.65. The maximum Gasteiger partial charge on any atom is 0.253 e. The second-order valence-electron chi connectivity index (χ2n) is 2.22. The van der Waals surface area contributed by atoms with Gasteiger partial charge < -0.3 is 0 Å². The Labute approximate surface area is 86.0 Å². The van der Waals surface area contributed by atoms with Gasteiger partial charge in [0.2, 0.25) is 0 Å². The second-order valence-corrected chi connectivity index (χ2v) is 2.22. The Morgan fingerprint density at radius 3 is 1.13 bits per heavy atom. The molecule has 0 spiro atoms. The van der Waals surface area contributed by atoms with Gasteiger partial charge in [0.05, 0.1) is 21.3 Å². The van der Waals surface area contributed by atoms with Crippen molar-refractivity contribution in [2.24, 2.45) is 0 Å². The molecule has 84 valence electrons. The first-order valence-electron chi connectivity index (χ1n) is 3.93. The summed E-state index contributed by atoms with van der Waals surface area (Å²) < 4.78 is 0. The lowest BCUT2D eigenvalue weighted by Crippen LogP contribution is -2.11. The van der Waals surface area contributed by atoms with Gasteiger partial charge >= 0.3 is 0 Å². The minimum absolute atomic E-state index is 0.214. The summed E-state index contributed by atoms with van der Waals surface area (Å²) in [6.45, 7) is 0. The van der Waals surface area contributed by atoms with Crippen LogP contribution in [0.15, 0.2) is 0 Å². The maximum absolute atomic E-state index is 4.65. The Morgan fingerprint density at radius 1 is 0.667 bits per heavy atom. The first kappa shape index (κ1) is 11.4. The summed E-state index contributed by atoms with van der Waals surface area (Å²) in [7, 11) is 4.32. The molecule has 15 heavy (non-hydrogen) atoms. The molecule has 1 rings (SSSR count). The summed E-state index contributed by atoms with van der Waals surface area (Å²) in [4.78, 5) is 25.7. The number of nitrogens with zero attached hydrogens (tertiary/aromatic N) is 3. The molecule has 3 N–H and O–H groups in total. The first-order chi connectivity index (χ1) is 7.30. The van der Waals surface area contributed by atoms with E-state index in [0.717, 1.165) is 0 Å². The van der Waals surface area contributed by atoms with Crippen LogP contribution in [-0.2, 0) is 14.5 Å². The Kier molecular flexibility index (Phi) is 4.47. The molecular formula is C6H12N6O3. The molecule has 0 saturated carbocycles. The third-order valence-corrected chi connectivity index (χ3v) is 1.22. The molecule has 0 atom stereocenters. The smallest absolute Gasteiger partial charge is 0.253 e. The number of nitrogens with one attached hydrogen (secondary N) is 3. The Morgan fingerprint density at radius 2 is 0.933 bits per heavy atom. The molecule has 0 amide bonds. The third kappa shape index (κ3) is 3.50. The Hall–Kier alpha value is -1.71. The molecule has 1 heterocycles. The molecule has 1 aromatic rings. The molecule has 0 aliphatic rings. The standard InChI is InChI=1S/C6H12N6O3/c1-13-10-4-7-5(11-14-2)9-6(8-4)12-15-3/h1-3H3,(H3,7,8,9,10,11,12). The van der Waals surface area contributed by atoms with Crippen LogP contribution in [-0.4, -0.2) is 36.3 Å². The van der Waals surface area contributed by atoms with Crippen molar-refractivity contribution in [3.8, 4) is 0 Å². The van der Waals surface area contributed by atoms with Crippen molar-refractivity contribution in [3.63, 3.8) is 0 Å². The summed E-state index contributed by atoms with van der Waals surface area (Å²) in [6, 6.07) is 0. The normalized spacial score (nSPS) is 9.80. The minimum atomic E-state index is 0.214. The quantitative estimate of drug-likeness (QED) is 0.557.